The van der Waals surface area contributed by atoms with Crippen LogP contribution in [0.5, 0.6) is 0 Å². The van der Waals surface area contributed by atoms with Crippen molar-refractivity contribution in [2.24, 2.45) is 17.3 Å². The third-order valence-electron chi connectivity index (χ3n) is 7.21. The molecule has 4 atom stereocenters. The van der Waals surface area contributed by atoms with Gasteiger partial charge in [-0.05, 0) is 62.2 Å². The van der Waals surface area contributed by atoms with Crippen LogP contribution in [0, 0.1) is 24.2 Å². The Morgan fingerprint density at radius 3 is 2.22 bits per heavy atom. The first-order valence-corrected chi connectivity index (χ1v) is 16.0. The molecule has 0 bridgehead atoms. The van der Waals surface area contributed by atoms with Crippen molar-refractivity contribution in [1.29, 1.82) is 0 Å². The highest BCUT2D eigenvalue weighted by molar-refractivity contribution is 7.92. The molecule has 1 heterocycles. The van der Waals surface area contributed by atoms with Gasteiger partial charge in [0.05, 0.1) is 22.5 Å². The number of Topliss-reactive ketones (excluding diaryl/α,β-unsaturated/α-hetero) is 1. The number of hydrogen-bond donors (Lipinski definition) is 2. The number of carbonyl (C=O) groups excluding carboxylic acids is 2. The van der Waals surface area contributed by atoms with E-state index >= 15 is 0 Å². The Labute approximate surface area is 216 Å². The van der Waals surface area contributed by atoms with Gasteiger partial charge in [0.25, 0.3) is 10.0 Å². The molecule has 1 amide bonds. The highest BCUT2D eigenvalue weighted by atomic mass is 32.2. The van der Waals surface area contributed by atoms with E-state index in [1.165, 1.54) is 12.1 Å². The van der Waals surface area contributed by atoms with Crippen LogP contribution in [0.1, 0.15) is 50.5 Å². The molecule has 36 heavy (non-hydrogen) atoms. The van der Waals surface area contributed by atoms with Gasteiger partial charge in [-0.1, -0.05) is 52.0 Å². The van der Waals surface area contributed by atoms with E-state index in [0.29, 0.717) is 16.8 Å². The fraction of sp³-hybridized carbons (Fsp3) is 0.481. The van der Waals surface area contributed by atoms with Gasteiger partial charge in [0.1, 0.15) is 0 Å². The largest absolute Gasteiger partial charge is 0.411 e. The summed E-state index contributed by atoms with van der Waals surface area (Å²) in [5, 5.41) is 2.93. The maximum Gasteiger partial charge on any atom is 0.261 e. The number of amides is 1. The molecule has 1 aliphatic heterocycles. The van der Waals surface area contributed by atoms with Crippen molar-refractivity contribution in [2.45, 2.75) is 71.2 Å². The van der Waals surface area contributed by atoms with Crippen molar-refractivity contribution < 1.29 is 22.4 Å². The lowest BCUT2D eigenvalue weighted by atomic mass is 9.62. The highest BCUT2D eigenvalue weighted by Crippen LogP contribution is 2.46. The van der Waals surface area contributed by atoms with Crippen LogP contribution in [0.3, 0.4) is 0 Å². The summed E-state index contributed by atoms with van der Waals surface area (Å²) in [7, 11) is -5.02. The summed E-state index contributed by atoms with van der Waals surface area (Å²) in [6, 6.07) is 12.7. The summed E-state index contributed by atoms with van der Waals surface area (Å²) in [5.41, 5.74) is 0.341. The minimum absolute atomic E-state index is 0.00812. The number of β-lactam (4-membered cyclic amide) rings is 1. The summed E-state index contributed by atoms with van der Waals surface area (Å²) < 4.78 is 35.0. The molecule has 0 saturated carbocycles. The Morgan fingerprint density at radius 2 is 1.69 bits per heavy atom. The zero-order chi connectivity index (χ0) is 27.1. The van der Waals surface area contributed by atoms with Crippen LogP contribution < -0.4 is 10.0 Å². The lowest BCUT2D eigenvalue weighted by molar-refractivity contribution is -0.161. The van der Waals surface area contributed by atoms with Crippen molar-refractivity contribution >= 4 is 36.4 Å². The zero-order valence-electron chi connectivity index (χ0n) is 22.3. The van der Waals surface area contributed by atoms with E-state index in [2.05, 4.69) is 10.0 Å². The number of nitrogens with one attached hydrogen (secondary N) is 2. The smallest absolute Gasteiger partial charge is 0.261 e. The molecule has 1 radical (unpaired) electrons. The second kappa shape index (κ2) is 10.1. The average Bonchev–Trinajstić information content (AvgIpc) is 2.75. The second-order valence-electron chi connectivity index (χ2n) is 11.0. The molecule has 7 nitrogen and oxygen atoms in total. The van der Waals surface area contributed by atoms with E-state index < -0.39 is 42.5 Å². The van der Waals surface area contributed by atoms with Gasteiger partial charge < -0.3 is 9.74 Å². The molecule has 2 N–H and O–H groups in total. The van der Waals surface area contributed by atoms with Gasteiger partial charge >= 0.3 is 0 Å². The van der Waals surface area contributed by atoms with Crippen molar-refractivity contribution in [2.75, 3.05) is 4.72 Å². The van der Waals surface area contributed by atoms with Crippen LogP contribution in [0.2, 0.25) is 13.1 Å². The summed E-state index contributed by atoms with van der Waals surface area (Å²) >= 11 is 0. The van der Waals surface area contributed by atoms with Crippen molar-refractivity contribution in [3.05, 3.63) is 59.7 Å². The molecule has 195 valence electrons. The molecule has 2 aromatic carbocycles. The molecule has 0 aliphatic carbocycles. The van der Waals surface area contributed by atoms with Gasteiger partial charge in [-0.2, -0.15) is 0 Å². The van der Waals surface area contributed by atoms with Crippen LogP contribution >= 0.6 is 0 Å². The van der Waals surface area contributed by atoms with E-state index in [1.54, 1.807) is 50.2 Å². The van der Waals surface area contributed by atoms with Crippen LogP contribution in [-0.4, -0.2) is 40.8 Å². The van der Waals surface area contributed by atoms with Crippen molar-refractivity contribution in [3.8, 4) is 0 Å². The number of hydrogen-bond acceptors (Lipinski definition) is 5. The first-order valence-electron chi connectivity index (χ1n) is 12.1. The number of ketones is 1. The molecule has 9 heteroatoms. The fourth-order valence-electron chi connectivity index (χ4n) is 4.68. The molecule has 2 aromatic rings. The first-order chi connectivity index (χ1) is 16.6. The molecule has 0 spiro atoms. The van der Waals surface area contributed by atoms with Crippen molar-refractivity contribution in [3.63, 3.8) is 0 Å². The standard InChI is InChI=1S/C27H37N2O5SSi/c1-17-14-15-20(35(32,33)29-19-12-10-9-11-13-19)16-21(17)24(30)18(2)23-22(25(31)28-23)27(6,26(3,4)5)34-36(7)8/h9-16,18,22-23,29H,1-8H3,(H,28,31)/t18-,22-,23-,27-/m1/s1. The second-order valence-corrected chi connectivity index (χ2v) is 14.7. The molecular weight excluding hydrogens is 492 g/mol. The van der Waals surface area contributed by atoms with Crippen LogP contribution in [-0.2, 0) is 19.2 Å². The molecular formula is C27H37N2O5SSi. The van der Waals surface area contributed by atoms with Crippen LogP contribution in [0.15, 0.2) is 53.4 Å². The zero-order valence-corrected chi connectivity index (χ0v) is 24.1. The number of rotatable bonds is 9. The maximum atomic E-state index is 13.7. The molecule has 0 aromatic heterocycles. The fourth-order valence-corrected chi connectivity index (χ4v) is 7.05. The number of benzene rings is 2. The Morgan fingerprint density at radius 1 is 1.08 bits per heavy atom. The van der Waals surface area contributed by atoms with Gasteiger partial charge in [0.2, 0.25) is 14.9 Å². The minimum Gasteiger partial charge on any atom is -0.411 e. The Hall–Kier alpha value is -2.49. The minimum atomic E-state index is -3.89. The Balaban J connectivity index is 1.92. The van der Waals surface area contributed by atoms with Crippen LogP contribution in [0.25, 0.3) is 0 Å². The Kier molecular flexibility index (Phi) is 7.88. The molecule has 1 fully saturated rings. The lowest BCUT2D eigenvalue weighted by Gasteiger charge is -2.55. The Bertz CT molecular complexity index is 1240. The van der Waals surface area contributed by atoms with Crippen LogP contribution in [0.4, 0.5) is 5.69 Å². The third-order valence-corrected chi connectivity index (χ3v) is 9.42. The third kappa shape index (κ3) is 5.43. The normalized spacial score (nSPS) is 20.8. The van der Waals surface area contributed by atoms with E-state index in [4.69, 9.17) is 4.43 Å². The molecule has 3 rings (SSSR count). The number of anilines is 1. The predicted octanol–water partition coefficient (Wildman–Crippen LogP) is 4.80. The maximum absolute atomic E-state index is 13.7. The summed E-state index contributed by atoms with van der Waals surface area (Å²) in [5.74, 6) is -1.40. The summed E-state index contributed by atoms with van der Waals surface area (Å²) in [6.45, 7) is 15.7. The summed E-state index contributed by atoms with van der Waals surface area (Å²) in [4.78, 5) is 26.5. The molecule has 1 saturated heterocycles. The number of para-hydroxylation sites is 1. The van der Waals surface area contributed by atoms with Gasteiger partial charge in [-0.3, -0.25) is 14.3 Å². The predicted molar refractivity (Wildman–Crippen MR) is 144 cm³/mol. The number of sulfonamides is 1. The van der Waals surface area contributed by atoms with Gasteiger partial charge in [0, 0.05) is 17.2 Å². The number of carbonyl (C=O) groups is 2. The van der Waals surface area contributed by atoms with Gasteiger partial charge in [-0.15, -0.1) is 0 Å². The van der Waals surface area contributed by atoms with E-state index in [1.807, 2.05) is 40.8 Å². The molecule has 0 unspecified atom stereocenters. The van der Waals surface area contributed by atoms with E-state index in [9.17, 15) is 18.0 Å². The highest BCUT2D eigenvalue weighted by Gasteiger charge is 2.59. The van der Waals surface area contributed by atoms with Crippen molar-refractivity contribution in [1.82, 2.24) is 5.32 Å². The average molecular weight is 530 g/mol. The lowest BCUT2D eigenvalue weighted by Crippen LogP contribution is -2.72. The van der Waals surface area contributed by atoms with Gasteiger partial charge in [0.15, 0.2) is 5.78 Å². The topological polar surface area (TPSA) is 102 Å². The number of aryl methyl sites for hydroxylation is 1. The van der Waals surface area contributed by atoms with Gasteiger partial charge in [-0.25, -0.2) is 8.42 Å². The SMILES string of the molecule is Cc1ccc(S(=O)(=O)Nc2ccccc2)cc1C(=O)[C@H](C)[C@H]1NC(=O)[C@@H]1[C@@](C)(O[Si](C)C)C(C)(C)C. The quantitative estimate of drug-likeness (QED) is 0.276. The van der Waals surface area contributed by atoms with E-state index in [0.717, 1.165) is 0 Å². The molecule has 1 aliphatic rings. The monoisotopic (exact) mass is 529 g/mol. The first kappa shape index (κ1) is 28.1. The van der Waals surface area contributed by atoms with E-state index in [-0.39, 0.29) is 22.0 Å². The summed E-state index contributed by atoms with van der Waals surface area (Å²) in [6.07, 6.45) is 0.